The van der Waals surface area contributed by atoms with Crippen molar-refractivity contribution in [3.63, 3.8) is 0 Å². The zero-order valence-corrected chi connectivity index (χ0v) is 10.6. The van der Waals surface area contributed by atoms with Gasteiger partial charge in [0.05, 0.1) is 5.52 Å². The van der Waals surface area contributed by atoms with Gasteiger partial charge in [-0.1, -0.05) is 6.07 Å². The van der Waals surface area contributed by atoms with Crippen molar-refractivity contribution in [3.05, 3.63) is 28.6 Å². The highest BCUT2D eigenvalue weighted by Crippen LogP contribution is 2.27. The van der Waals surface area contributed by atoms with Gasteiger partial charge in [0.25, 0.3) is 6.47 Å². The van der Waals surface area contributed by atoms with Gasteiger partial charge in [0, 0.05) is 11.9 Å². The fourth-order valence-electron chi connectivity index (χ4n) is 1.79. The van der Waals surface area contributed by atoms with Crippen molar-refractivity contribution in [2.45, 2.75) is 6.54 Å². The lowest BCUT2D eigenvalue weighted by Crippen LogP contribution is -1.94. The van der Waals surface area contributed by atoms with Crippen LogP contribution in [0.15, 0.2) is 23.6 Å². The van der Waals surface area contributed by atoms with Crippen LogP contribution < -0.4 is 10.5 Å². The van der Waals surface area contributed by atoms with E-state index >= 15 is 0 Å². The van der Waals surface area contributed by atoms with Crippen LogP contribution in [0.5, 0.6) is 5.75 Å². The van der Waals surface area contributed by atoms with E-state index in [-0.39, 0.29) is 0 Å². The van der Waals surface area contributed by atoms with Crippen LogP contribution in [0.4, 0.5) is 0 Å². The number of aromatic nitrogens is 3. The summed E-state index contributed by atoms with van der Waals surface area (Å²) in [5.74, 6) is 1.05. The van der Waals surface area contributed by atoms with Gasteiger partial charge < -0.3 is 15.5 Å². The molecule has 3 aromatic rings. The Morgan fingerprint density at radius 1 is 1.42 bits per heavy atom. The van der Waals surface area contributed by atoms with E-state index in [0.29, 0.717) is 30.1 Å². The number of nitrogens with one attached hydrogen (secondary N) is 1. The van der Waals surface area contributed by atoms with Crippen LogP contribution >= 0.6 is 11.3 Å². The maximum absolute atomic E-state index is 10.5. The maximum Gasteiger partial charge on any atom is 0.298 e. The molecule has 1 aromatic carbocycles. The van der Waals surface area contributed by atoms with Gasteiger partial charge in [-0.2, -0.15) is 0 Å². The standard InChI is InChI=1S/C12H10N4O2S/c13-4-10-14-8(5-19-10)12-15-7-2-1-3-9(18-6-17)11(7)16-12/h1-3,5-6H,4,13H2,(H,15,16). The first-order chi connectivity index (χ1) is 9.31. The fraction of sp³-hybridized carbons (Fsp3) is 0.0833. The van der Waals surface area contributed by atoms with Crippen molar-refractivity contribution in [1.82, 2.24) is 15.0 Å². The summed E-state index contributed by atoms with van der Waals surface area (Å²) >= 11 is 1.49. The molecule has 0 fully saturated rings. The molecule has 3 N–H and O–H groups in total. The second kappa shape index (κ2) is 4.79. The summed E-state index contributed by atoms with van der Waals surface area (Å²) in [7, 11) is 0. The fourth-order valence-corrected chi connectivity index (χ4v) is 2.45. The van der Waals surface area contributed by atoms with Gasteiger partial charge >= 0.3 is 0 Å². The number of carbonyl (C=O) groups excluding carboxylic acids is 1. The van der Waals surface area contributed by atoms with Gasteiger partial charge in [0.2, 0.25) is 0 Å². The number of ether oxygens (including phenoxy) is 1. The highest BCUT2D eigenvalue weighted by Gasteiger charge is 2.12. The van der Waals surface area contributed by atoms with E-state index in [9.17, 15) is 4.79 Å². The normalized spacial score (nSPS) is 10.8. The number of para-hydroxylation sites is 1. The molecule has 96 valence electrons. The largest absolute Gasteiger partial charge is 0.426 e. The monoisotopic (exact) mass is 274 g/mol. The van der Waals surface area contributed by atoms with Crippen LogP contribution in [0.3, 0.4) is 0 Å². The number of nitrogens with two attached hydrogens (primary N) is 1. The Morgan fingerprint density at radius 2 is 2.32 bits per heavy atom. The highest BCUT2D eigenvalue weighted by atomic mass is 32.1. The molecule has 0 spiro atoms. The smallest absolute Gasteiger partial charge is 0.298 e. The van der Waals surface area contributed by atoms with Crippen molar-refractivity contribution in [2.24, 2.45) is 5.73 Å². The molecule has 0 saturated heterocycles. The Bertz CT molecular complexity index is 734. The molecular formula is C12H10N4O2S. The number of rotatable bonds is 4. The average molecular weight is 274 g/mol. The Kier molecular flexibility index (Phi) is 2.98. The van der Waals surface area contributed by atoms with Crippen LogP contribution in [0, 0.1) is 0 Å². The van der Waals surface area contributed by atoms with Crippen LogP contribution in [0.25, 0.3) is 22.6 Å². The number of nitrogens with zero attached hydrogens (tertiary/aromatic N) is 2. The minimum absolute atomic E-state index is 0.387. The van der Waals surface area contributed by atoms with E-state index in [2.05, 4.69) is 15.0 Å². The number of imidazole rings is 1. The number of carbonyl (C=O) groups is 1. The average Bonchev–Trinajstić information content (AvgIpc) is 3.05. The van der Waals surface area contributed by atoms with Crippen molar-refractivity contribution in [2.75, 3.05) is 0 Å². The molecular weight excluding hydrogens is 264 g/mol. The van der Waals surface area contributed by atoms with E-state index in [1.165, 1.54) is 11.3 Å². The summed E-state index contributed by atoms with van der Waals surface area (Å²) in [5.41, 5.74) is 7.67. The van der Waals surface area contributed by atoms with Crippen LogP contribution in [0.2, 0.25) is 0 Å². The lowest BCUT2D eigenvalue weighted by Gasteiger charge is -1.96. The molecule has 0 atom stereocenters. The van der Waals surface area contributed by atoms with E-state index in [1.54, 1.807) is 12.1 Å². The second-order valence-electron chi connectivity index (χ2n) is 3.78. The van der Waals surface area contributed by atoms with Gasteiger partial charge in [-0.05, 0) is 12.1 Å². The highest BCUT2D eigenvalue weighted by molar-refractivity contribution is 7.09. The summed E-state index contributed by atoms with van der Waals surface area (Å²) in [6.07, 6.45) is 0. The van der Waals surface area contributed by atoms with Gasteiger partial charge in [-0.25, -0.2) is 9.97 Å². The zero-order valence-electron chi connectivity index (χ0n) is 9.79. The molecule has 6 nitrogen and oxygen atoms in total. The van der Waals surface area contributed by atoms with Crippen molar-refractivity contribution in [3.8, 4) is 17.3 Å². The molecule has 3 rings (SSSR count). The molecule has 0 saturated carbocycles. The molecule has 0 unspecified atom stereocenters. The third kappa shape index (κ3) is 2.09. The number of thiazole rings is 1. The molecule has 2 heterocycles. The van der Waals surface area contributed by atoms with Crippen molar-refractivity contribution >= 4 is 28.8 Å². The molecule has 19 heavy (non-hydrogen) atoms. The summed E-state index contributed by atoms with van der Waals surface area (Å²) in [5, 5.41) is 2.74. The van der Waals surface area contributed by atoms with Gasteiger partial charge in [0.15, 0.2) is 11.6 Å². The lowest BCUT2D eigenvalue weighted by molar-refractivity contribution is -0.120. The first-order valence-corrected chi connectivity index (χ1v) is 6.43. The predicted octanol–water partition coefficient (Wildman–Crippen LogP) is 1.68. The zero-order chi connectivity index (χ0) is 13.2. The Morgan fingerprint density at radius 3 is 3.05 bits per heavy atom. The first kappa shape index (κ1) is 11.8. The van der Waals surface area contributed by atoms with Crippen LogP contribution in [-0.4, -0.2) is 21.4 Å². The number of H-pyrrole nitrogens is 1. The molecule has 0 amide bonds. The Labute approximate surface area is 112 Å². The molecule has 0 aliphatic rings. The number of hydrogen-bond acceptors (Lipinski definition) is 6. The number of fused-ring (bicyclic) bond motifs is 1. The first-order valence-electron chi connectivity index (χ1n) is 5.55. The third-order valence-corrected chi connectivity index (χ3v) is 3.49. The van der Waals surface area contributed by atoms with Crippen LogP contribution in [0.1, 0.15) is 5.01 Å². The molecule has 0 aliphatic carbocycles. The van der Waals surface area contributed by atoms with Crippen LogP contribution in [-0.2, 0) is 11.3 Å². The summed E-state index contributed by atoms with van der Waals surface area (Å²) in [6, 6.07) is 5.34. The lowest BCUT2D eigenvalue weighted by atomic mass is 10.3. The number of aromatic amines is 1. The van der Waals surface area contributed by atoms with Gasteiger partial charge in [-0.15, -0.1) is 11.3 Å². The summed E-state index contributed by atoms with van der Waals surface area (Å²) in [6.45, 7) is 0.795. The van der Waals surface area contributed by atoms with E-state index in [0.717, 1.165) is 16.2 Å². The minimum Gasteiger partial charge on any atom is -0.426 e. The maximum atomic E-state index is 10.5. The Balaban J connectivity index is 2.10. The molecule has 0 radical (unpaired) electrons. The molecule has 0 aliphatic heterocycles. The van der Waals surface area contributed by atoms with E-state index < -0.39 is 0 Å². The molecule has 2 aromatic heterocycles. The third-order valence-electron chi connectivity index (χ3n) is 2.62. The van der Waals surface area contributed by atoms with Crippen molar-refractivity contribution in [1.29, 1.82) is 0 Å². The quantitative estimate of drug-likeness (QED) is 0.706. The molecule has 7 heteroatoms. The SMILES string of the molecule is NCc1nc(-c2nc3c(OC=O)cccc3[nH]2)cs1. The molecule has 0 bridgehead atoms. The Hall–Kier alpha value is -2.25. The predicted molar refractivity (Wildman–Crippen MR) is 71.8 cm³/mol. The minimum atomic E-state index is 0.387. The van der Waals surface area contributed by atoms with E-state index in [1.807, 2.05) is 11.4 Å². The van der Waals surface area contributed by atoms with Gasteiger partial charge in [0.1, 0.15) is 16.2 Å². The summed E-state index contributed by atoms with van der Waals surface area (Å²) in [4.78, 5) is 22.4. The summed E-state index contributed by atoms with van der Waals surface area (Å²) < 4.78 is 4.89. The number of benzene rings is 1. The van der Waals surface area contributed by atoms with Gasteiger partial charge in [-0.3, -0.25) is 4.79 Å². The van der Waals surface area contributed by atoms with Crippen molar-refractivity contribution < 1.29 is 9.53 Å². The topological polar surface area (TPSA) is 93.9 Å². The number of hydrogen-bond donors (Lipinski definition) is 2. The van der Waals surface area contributed by atoms with E-state index in [4.69, 9.17) is 10.5 Å². The second-order valence-corrected chi connectivity index (χ2v) is 4.73.